The molecule has 7 nitrogen and oxygen atoms in total. The van der Waals surface area contributed by atoms with Crippen LogP contribution in [0.5, 0.6) is 0 Å². The summed E-state index contributed by atoms with van der Waals surface area (Å²) < 4.78 is 2.12. The van der Waals surface area contributed by atoms with Crippen LogP contribution in [0.15, 0.2) is 29.7 Å². The molecule has 0 aromatic carbocycles. The molecule has 1 saturated carbocycles. The molecule has 2 aromatic rings. The molecular formula is C19H24N6OS. The lowest BCUT2D eigenvalue weighted by molar-refractivity contribution is -0.121. The van der Waals surface area contributed by atoms with Crippen LogP contribution in [0, 0.1) is 17.2 Å². The van der Waals surface area contributed by atoms with E-state index in [9.17, 15) is 10.1 Å². The first-order valence-electron chi connectivity index (χ1n) is 9.11. The number of thioether (sulfide) groups is 1. The minimum atomic E-state index is -0.891. The van der Waals surface area contributed by atoms with Gasteiger partial charge >= 0.3 is 0 Å². The normalized spacial score (nSPS) is 17.2. The van der Waals surface area contributed by atoms with Gasteiger partial charge in [0.25, 0.3) is 0 Å². The predicted molar refractivity (Wildman–Crippen MR) is 104 cm³/mol. The first-order chi connectivity index (χ1) is 12.9. The number of nitriles is 1. The van der Waals surface area contributed by atoms with Gasteiger partial charge in [0.15, 0.2) is 11.0 Å². The summed E-state index contributed by atoms with van der Waals surface area (Å²) in [5.41, 5.74) is 0.0726. The topological polar surface area (TPSA) is 96.5 Å². The van der Waals surface area contributed by atoms with Gasteiger partial charge in [-0.25, -0.2) is 0 Å². The molecule has 1 amide bonds. The number of amides is 1. The van der Waals surface area contributed by atoms with E-state index in [2.05, 4.69) is 31.1 Å². The van der Waals surface area contributed by atoms with Crippen LogP contribution in [0.25, 0.3) is 11.4 Å². The standard InChI is InChI=1S/C19H24N6OS/c1-12(2)19(4,11-20)22-17(26)13(3)27-18-24-23-16(25(18)15-5-6-15)14-7-9-21-10-8-14/h7-10,12-13,15H,5-6H2,1-4H3,(H,22,26)/t13-,19-/m0/s1. The fraction of sp³-hybridized carbons (Fsp3) is 0.526. The van der Waals surface area contributed by atoms with Crippen LogP contribution in [0.2, 0.25) is 0 Å². The van der Waals surface area contributed by atoms with Crippen molar-refractivity contribution in [1.29, 1.82) is 5.26 Å². The molecule has 3 rings (SSSR count). The SMILES string of the molecule is CC(C)[C@](C)(C#N)NC(=O)[C@H](C)Sc1nnc(-c2ccncc2)n1C1CC1. The van der Waals surface area contributed by atoms with Gasteiger partial charge in [-0.2, -0.15) is 5.26 Å². The van der Waals surface area contributed by atoms with Gasteiger partial charge in [-0.05, 0) is 44.7 Å². The molecule has 0 radical (unpaired) electrons. The van der Waals surface area contributed by atoms with Gasteiger partial charge in [-0.3, -0.25) is 14.3 Å². The summed E-state index contributed by atoms with van der Waals surface area (Å²) in [6.45, 7) is 7.43. The van der Waals surface area contributed by atoms with Gasteiger partial charge in [0.05, 0.1) is 11.3 Å². The molecule has 2 atom stereocenters. The number of rotatable bonds is 7. The maximum absolute atomic E-state index is 12.7. The number of pyridine rings is 1. The maximum Gasteiger partial charge on any atom is 0.234 e. The Morgan fingerprint density at radius 3 is 2.56 bits per heavy atom. The highest BCUT2D eigenvalue weighted by molar-refractivity contribution is 8.00. The predicted octanol–water partition coefficient (Wildman–Crippen LogP) is 3.21. The van der Waals surface area contributed by atoms with Crippen LogP contribution >= 0.6 is 11.8 Å². The van der Waals surface area contributed by atoms with Crippen molar-refractivity contribution < 1.29 is 4.79 Å². The van der Waals surface area contributed by atoms with Crippen molar-refractivity contribution in [3.63, 3.8) is 0 Å². The molecule has 8 heteroatoms. The summed E-state index contributed by atoms with van der Waals surface area (Å²) in [5, 5.41) is 21.3. The number of hydrogen-bond acceptors (Lipinski definition) is 6. The summed E-state index contributed by atoms with van der Waals surface area (Å²) in [7, 11) is 0. The number of carbonyl (C=O) groups is 1. The van der Waals surface area contributed by atoms with E-state index >= 15 is 0 Å². The fourth-order valence-electron chi connectivity index (χ4n) is 2.59. The Bertz CT molecular complexity index is 855. The highest BCUT2D eigenvalue weighted by Crippen LogP contribution is 2.41. The fourth-order valence-corrected chi connectivity index (χ4v) is 3.51. The third-order valence-electron chi connectivity index (χ3n) is 4.94. The minimum Gasteiger partial charge on any atom is -0.337 e. The second-order valence-corrected chi connectivity index (χ2v) is 8.67. The summed E-state index contributed by atoms with van der Waals surface area (Å²) >= 11 is 1.38. The lowest BCUT2D eigenvalue weighted by atomic mass is 9.90. The van der Waals surface area contributed by atoms with E-state index in [1.807, 2.05) is 32.9 Å². The van der Waals surface area contributed by atoms with Crippen molar-refractivity contribution in [2.45, 2.75) is 62.5 Å². The second kappa shape index (κ2) is 7.69. The van der Waals surface area contributed by atoms with Crippen molar-refractivity contribution >= 4 is 17.7 Å². The molecule has 142 valence electrons. The Morgan fingerprint density at radius 1 is 1.33 bits per heavy atom. The minimum absolute atomic E-state index is 0.0112. The van der Waals surface area contributed by atoms with Gasteiger partial charge in [0, 0.05) is 24.0 Å². The maximum atomic E-state index is 12.7. The van der Waals surface area contributed by atoms with E-state index in [4.69, 9.17) is 0 Å². The van der Waals surface area contributed by atoms with E-state index in [-0.39, 0.29) is 17.1 Å². The Balaban J connectivity index is 1.79. The Labute approximate surface area is 163 Å². The van der Waals surface area contributed by atoms with E-state index in [0.717, 1.165) is 29.4 Å². The van der Waals surface area contributed by atoms with Gasteiger partial charge in [-0.1, -0.05) is 25.6 Å². The van der Waals surface area contributed by atoms with Crippen molar-refractivity contribution in [3.05, 3.63) is 24.5 Å². The lowest BCUT2D eigenvalue weighted by Gasteiger charge is -2.28. The second-order valence-electron chi connectivity index (χ2n) is 7.36. The molecular weight excluding hydrogens is 360 g/mol. The third-order valence-corrected chi connectivity index (χ3v) is 5.99. The first kappa shape index (κ1) is 19.4. The Morgan fingerprint density at radius 2 is 2.00 bits per heavy atom. The van der Waals surface area contributed by atoms with Crippen LogP contribution in [0.3, 0.4) is 0 Å². The van der Waals surface area contributed by atoms with Crippen molar-refractivity contribution in [3.8, 4) is 17.5 Å². The van der Waals surface area contributed by atoms with E-state index in [1.54, 1.807) is 19.3 Å². The number of carbonyl (C=O) groups excluding carboxylic acids is 1. The smallest absolute Gasteiger partial charge is 0.234 e. The molecule has 2 aromatic heterocycles. The monoisotopic (exact) mass is 384 g/mol. The molecule has 0 unspecified atom stereocenters. The Hall–Kier alpha value is -2.40. The van der Waals surface area contributed by atoms with Crippen LogP contribution in [-0.2, 0) is 4.79 Å². The van der Waals surface area contributed by atoms with Crippen LogP contribution in [0.4, 0.5) is 0 Å². The molecule has 2 heterocycles. The van der Waals surface area contributed by atoms with Crippen LogP contribution in [-0.4, -0.2) is 36.4 Å². The summed E-state index contributed by atoms with van der Waals surface area (Å²) in [4.78, 5) is 16.7. The highest BCUT2D eigenvalue weighted by Gasteiger charge is 2.34. The van der Waals surface area contributed by atoms with Crippen LogP contribution in [0.1, 0.15) is 46.6 Å². The van der Waals surface area contributed by atoms with Gasteiger partial charge in [0.1, 0.15) is 5.54 Å². The van der Waals surface area contributed by atoms with Gasteiger partial charge in [0.2, 0.25) is 5.91 Å². The van der Waals surface area contributed by atoms with Gasteiger partial charge < -0.3 is 5.32 Å². The van der Waals surface area contributed by atoms with E-state index in [1.165, 1.54) is 11.8 Å². The van der Waals surface area contributed by atoms with Crippen molar-refractivity contribution in [2.24, 2.45) is 5.92 Å². The molecule has 1 N–H and O–H groups in total. The number of aromatic nitrogens is 4. The first-order valence-corrected chi connectivity index (χ1v) is 9.99. The molecule has 0 bridgehead atoms. The Kier molecular flexibility index (Phi) is 5.51. The molecule has 0 saturated heterocycles. The molecule has 1 aliphatic carbocycles. The zero-order valence-electron chi connectivity index (χ0n) is 16.0. The lowest BCUT2D eigenvalue weighted by Crippen LogP contribution is -2.51. The van der Waals surface area contributed by atoms with Gasteiger partial charge in [-0.15, -0.1) is 10.2 Å². The number of hydrogen-bond donors (Lipinski definition) is 1. The van der Waals surface area contributed by atoms with Crippen molar-refractivity contribution in [1.82, 2.24) is 25.1 Å². The third kappa shape index (κ3) is 4.14. The molecule has 1 aliphatic rings. The molecule has 0 spiro atoms. The largest absolute Gasteiger partial charge is 0.337 e. The van der Waals surface area contributed by atoms with E-state index in [0.29, 0.717) is 6.04 Å². The zero-order valence-corrected chi connectivity index (χ0v) is 16.8. The summed E-state index contributed by atoms with van der Waals surface area (Å²) in [6.07, 6.45) is 5.64. The average Bonchev–Trinajstić information content (AvgIpc) is 3.42. The molecule has 1 fully saturated rings. The summed E-state index contributed by atoms with van der Waals surface area (Å²) in [5.74, 6) is 0.643. The number of nitrogens with zero attached hydrogens (tertiary/aromatic N) is 5. The van der Waals surface area contributed by atoms with Crippen molar-refractivity contribution in [2.75, 3.05) is 0 Å². The quantitative estimate of drug-likeness (QED) is 0.736. The highest BCUT2D eigenvalue weighted by atomic mass is 32.2. The number of nitrogens with one attached hydrogen (secondary N) is 1. The van der Waals surface area contributed by atoms with Crippen LogP contribution < -0.4 is 5.32 Å². The van der Waals surface area contributed by atoms with E-state index < -0.39 is 5.54 Å². The summed E-state index contributed by atoms with van der Waals surface area (Å²) in [6, 6.07) is 6.41. The molecule has 0 aliphatic heterocycles. The molecule has 27 heavy (non-hydrogen) atoms. The average molecular weight is 385 g/mol. The zero-order chi connectivity index (χ0) is 19.6.